The SMILES string of the molecule is CC(C)C(=O)N[C@@H](Cc1ccc([N+](=O)[O-])cc1)C(N)=O. The summed E-state index contributed by atoms with van der Waals surface area (Å²) >= 11 is 0. The molecule has 1 aromatic rings. The van der Waals surface area contributed by atoms with Crippen LogP contribution in [-0.2, 0) is 16.0 Å². The number of hydrogen-bond acceptors (Lipinski definition) is 4. The molecular formula is C13H17N3O4. The Morgan fingerprint density at radius 1 is 1.30 bits per heavy atom. The zero-order valence-electron chi connectivity index (χ0n) is 11.3. The van der Waals surface area contributed by atoms with E-state index in [2.05, 4.69) is 5.32 Å². The molecule has 3 N–H and O–H groups in total. The fraction of sp³-hybridized carbons (Fsp3) is 0.385. The minimum absolute atomic E-state index is 0.0319. The van der Waals surface area contributed by atoms with Crippen LogP contribution in [0.25, 0.3) is 0 Å². The Labute approximate surface area is 116 Å². The fourth-order valence-corrected chi connectivity index (χ4v) is 1.55. The Balaban J connectivity index is 2.78. The molecule has 0 fully saturated rings. The minimum atomic E-state index is -0.827. The van der Waals surface area contributed by atoms with Crippen LogP contribution in [0, 0.1) is 16.0 Å². The third kappa shape index (κ3) is 4.34. The van der Waals surface area contributed by atoms with Gasteiger partial charge in [-0.3, -0.25) is 19.7 Å². The average molecular weight is 279 g/mol. The van der Waals surface area contributed by atoms with Crippen LogP contribution < -0.4 is 11.1 Å². The molecule has 0 saturated heterocycles. The summed E-state index contributed by atoms with van der Waals surface area (Å²) in [6.07, 6.45) is 0.200. The largest absolute Gasteiger partial charge is 0.368 e. The average Bonchev–Trinajstić information content (AvgIpc) is 2.38. The van der Waals surface area contributed by atoms with Crippen LogP contribution in [0.15, 0.2) is 24.3 Å². The molecule has 0 aromatic heterocycles. The lowest BCUT2D eigenvalue weighted by Crippen LogP contribution is -2.47. The molecule has 7 heteroatoms. The van der Waals surface area contributed by atoms with E-state index >= 15 is 0 Å². The van der Waals surface area contributed by atoms with Crippen molar-refractivity contribution in [2.45, 2.75) is 26.3 Å². The molecule has 1 aromatic carbocycles. The lowest BCUT2D eigenvalue weighted by atomic mass is 10.0. The van der Waals surface area contributed by atoms with Crippen LogP contribution in [0.3, 0.4) is 0 Å². The highest BCUT2D eigenvalue weighted by molar-refractivity contribution is 5.87. The number of carbonyl (C=O) groups is 2. The summed E-state index contributed by atoms with van der Waals surface area (Å²) in [6, 6.07) is 4.94. The highest BCUT2D eigenvalue weighted by Gasteiger charge is 2.20. The van der Waals surface area contributed by atoms with Crippen LogP contribution in [0.5, 0.6) is 0 Å². The van der Waals surface area contributed by atoms with E-state index in [1.165, 1.54) is 24.3 Å². The summed E-state index contributed by atoms with van der Waals surface area (Å²) in [5, 5.41) is 13.1. The Hall–Kier alpha value is -2.44. The van der Waals surface area contributed by atoms with Crippen LogP contribution in [-0.4, -0.2) is 22.8 Å². The first kappa shape index (κ1) is 15.6. The molecule has 1 atom stereocenters. The molecule has 0 radical (unpaired) electrons. The van der Waals surface area contributed by atoms with Gasteiger partial charge in [-0.2, -0.15) is 0 Å². The number of non-ortho nitro benzene ring substituents is 1. The Morgan fingerprint density at radius 2 is 1.85 bits per heavy atom. The number of rotatable bonds is 6. The number of nitro benzene ring substituents is 1. The number of nitrogens with two attached hydrogens (primary N) is 1. The van der Waals surface area contributed by atoms with Gasteiger partial charge in [-0.1, -0.05) is 26.0 Å². The van der Waals surface area contributed by atoms with Crippen molar-refractivity contribution in [3.8, 4) is 0 Å². The third-order valence-corrected chi connectivity index (χ3v) is 2.77. The second kappa shape index (κ2) is 6.65. The zero-order valence-corrected chi connectivity index (χ0v) is 11.3. The summed E-state index contributed by atoms with van der Waals surface area (Å²) in [5.74, 6) is -1.17. The number of nitrogens with zero attached hydrogens (tertiary/aromatic N) is 1. The standard InChI is InChI=1S/C13H17N3O4/c1-8(2)13(18)15-11(12(14)17)7-9-3-5-10(6-4-9)16(19)20/h3-6,8,11H,7H2,1-2H3,(H2,14,17)(H,15,18)/t11-/m0/s1. The second-order valence-electron chi connectivity index (χ2n) is 4.75. The van der Waals surface area contributed by atoms with Crippen LogP contribution in [0.2, 0.25) is 0 Å². The molecule has 0 bridgehead atoms. The normalized spacial score (nSPS) is 11.9. The van der Waals surface area contributed by atoms with Crippen LogP contribution in [0.1, 0.15) is 19.4 Å². The smallest absolute Gasteiger partial charge is 0.269 e. The predicted octanol–water partition coefficient (Wildman–Crippen LogP) is 0.763. The van der Waals surface area contributed by atoms with E-state index in [0.717, 1.165) is 0 Å². The van der Waals surface area contributed by atoms with Crippen molar-refractivity contribution in [1.82, 2.24) is 5.32 Å². The van der Waals surface area contributed by atoms with E-state index in [-0.39, 0.29) is 23.9 Å². The van der Waals surface area contributed by atoms with Gasteiger partial charge in [-0.15, -0.1) is 0 Å². The molecule has 108 valence electrons. The van der Waals surface area contributed by atoms with Gasteiger partial charge in [0.1, 0.15) is 6.04 Å². The van der Waals surface area contributed by atoms with E-state index in [4.69, 9.17) is 5.73 Å². The van der Waals surface area contributed by atoms with E-state index < -0.39 is 16.9 Å². The second-order valence-corrected chi connectivity index (χ2v) is 4.75. The van der Waals surface area contributed by atoms with E-state index in [1.807, 2.05) is 0 Å². The highest BCUT2D eigenvalue weighted by atomic mass is 16.6. The van der Waals surface area contributed by atoms with Crippen molar-refractivity contribution in [1.29, 1.82) is 0 Å². The number of nitro groups is 1. The molecule has 7 nitrogen and oxygen atoms in total. The van der Waals surface area contributed by atoms with Crippen LogP contribution in [0.4, 0.5) is 5.69 Å². The number of nitrogens with one attached hydrogen (secondary N) is 1. The molecule has 0 spiro atoms. The molecule has 2 amide bonds. The van der Waals surface area contributed by atoms with Crippen molar-refractivity contribution in [3.05, 3.63) is 39.9 Å². The maximum absolute atomic E-state index is 11.6. The van der Waals surface area contributed by atoms with Gasteiger partial charge < -0.3 is 11.1 Å². The molecule has 0 unspecified atom stereocenters. The number of carbonyl (C=O) groups excluding carboxylic acids is 2. The Kier molecular flexibility index (Phi) is 5.19. The van der Waals surface area contributed by atoms with Crippen molar-refractivity contribution >= 4 is 17.5 Å². The summed E-state index contributed by atoms with van der Waals surface area (Å²) in [4.78, 5) is 33.0. The van der Waals surface area contributed by atoms with Gasteiger partial charge in [0.2, 0.25) is 11.8 Å². The summed E-state index contributed by atoms with van der Waals surface area (Å²) in [5.41, 5.74) is 5.90. The van der Waals surface area contributed by atoms with Crippen molar-refractivity contribution in [2.75, 3.05) is 0 Å². The quantitative estimate of drug-likeness (QED) is 0.590. The van der Waals surface area contributed by atoms with Gasteiger partial charge in [-0.25, -0.2) is 0 Å². The predicted molar refractivity (Wildman–Crippen MR) is 72.8 cm³/mol. The summed E-state index contributed by atoms with van der Waals surface area (Å²) in [6.45, 7) is 3.42. The molecule has 1 rings (SSSR count). The van der Waals surface area contributed by atoms with Crippen molar-refractivity contribution < 1.29 is 14.5 Å². The zero-order chi connectivity index (χ0) is 15.3. The minimum Gasteiger partial charge on any atom is -0.368 e. The topological polar surface area (TPSA) is 115 Å². The molecular weight excluding hydrogens is 262 g/mol. The first-order valence-electron chi connectivity index (χ1n) is 6.14. The van der Waals surface area contributed by atoms with Gasteiger partial charge in [0.15, 0.2) is 0 Å². The lowest BCUT2D eigenvalue weighted by molar-refractivity contribution is -0.384. The highest BCUT2D eigenvalue weighted by Crippen LogP contribution is 2.13. The molecule has 0 aliphatic rings. The van der Waals surface area contributed by atoms with Gasteiger partial charge in [-0.05, 0) is 5.56 Å². The van der Waals surface area contributed by atoms with Crippen LogP contribution >= 0.6 is 0 Å². The van der Waals surface area contributed by atoms with Gasteiger partial charge in [0, 0.05) is 24.5 Å². The molecule has 20 heavy (non-hydrogen) atoms. The molecule has 0 saturated carbocycles. The maximum Gasteiger partial charge on any atom is 0.269 e. The van der Waals surface area contributed by atoms with Gasteiger partial charge in [0.25, 0.3) is 5.69 Å². The van der Waals surface area contributed by atoms with E-state index in [0.29, 0.717) is 5.56 Å². The van der Waals surface area contributed by atoms with E-state index in [1.54, 1.807) is 13.8 Å². The molecule has 0 aliphatic carbocycles. The van der Waals surface area contributed by atoms with Gasteiger partial charge in [0.05, 0.1) is 4.92 Å². The Bertz CT molecular complexity index is 511. The van der Waals surface area contributed by atoms with Gasteiger partial charge >= 0.3 is 0 Å². The summed E-state index contributed by atoms with van der Waals surface area (Å²) in [7, 11) is 0. The Morgan fingerprint density at radius 3 is 2.25 bits per heavy atom. The third-order valence-electron chi connectivity index (χ3n) is 2.77. The van der Waals surface area contributed by atoms with E-state index in [9.17, 15) is 19.7 Å². The number of benzene rings is 1. The maximum atomic E-state index is 11.6. The fourth-order valence-electron chi connectivity index (χ4n) is 1.55. The first-order chi connectivity index (χ1) is 9.31. The number of hydrogen-bond donors (Lipinski definition) is 2. The first-order valence-corrected chi connectivity index (χ1v) is 6.14. The summed E-state index contributed by atoms with van der Waals surface area (Å²) < 4.78 is 0. The lowest BCUT2D eigenvalue weighted by Gasteiger charge is -2.17. The molecule has 0 heterocycles. The van der Waals surface area contributed by atoms with Crippen molar-refractivity contribution in [2.24, 2.45) is 11.7 Å². The molecule has 0 aliphatic heterocycles. The number of primary amides is 1. The monoisotopic (exact) mass is 279 g/mol. The number of amides is 2. The van der Waals surface area contributed by atoms with Crippen molar-refractivity contribution in [3.63, 3.8) is 0 Å².